The van der Waals surface area contributed by atoms with Gasteiger partial charge in [0.1, 0.15) is 18.1 Å². The second-order valence-corrected chi connectivity index (χ2v) is 8.77. The number of imidazole rings is 1. The average molecular weight is 545 g/mol. The molecule has 2 rings (SSSR count). The van der Waals surface area contributed by atoms with Crippen molar-refractivity contribution in [3.8, 4) is 0 Å². The van der Waals surface area contributed by atoms with E-state index in [1.807, 2.05) is 0 Å². The number of nitrogens with zero attached hydrogens (tertiary/aromatic N) is 1. The Bertz CT molecular complexity index is 1160. The predicted octanol–water partition coefficient (Wildman–Crippen LogP) is -2.80. The molecule has 210 valence electrons. The summed E-state index contributed by atoms with van der Waals surface area (Å²) in [5.41, 5.74) is 17.0. The van der Waals surface area contributed by atoms with E-state index < -0.39 is 66.1 Å². The molecule has 0 bridgehead atoms. The lowest BCUT2D eigenvalue weighted by atomic mass is 10.0. The van der Waals surface area contributed by atoms with Crippen molar-refractivity contribution in [3.05, 3.63) is 54.1 Å². The lowest BCUT2D eigenvalue weighted by Gasteiger charge is -2.25. The maximum absolute atomic E-state index is 13.2. The number of amides is 5. The number of carbonyl (C=O) groups excluding carboxylic acids is 5. The van der Waals surface area contributed by atoms with E-state index in [-0.39, 0.29) is 25.7 Å². The van der Waals surface area contributed by atoms with Gasteiger partial charge < -0.3 is 43.2 Å². The van der Waals surface area contributed by atoms with Crippen molar-refractivity contribution >= 4 is 35.5 Å². The maximum atomic E-state index is 13.2. The van der Waals surface area contributed by atoms with Crippen LogP contribution in [-0.2, 0) is 41.6 Å². The van der Waals surface area contributed by atoms with Crippen LogP contribution in [0, 0.1) is 0 Å². The number of aliphatic carboxylic acids is 1. The maximum Gasteiger partial charge on any atom is 0.326 e. The number of aromatic nitrogens is 2. The van der Waals surface area contributed by atoms with E-state index in [0.29, 0.717) is 11.3 Å². The van der Waals surface area contributed by atoms with Gasteiger partial charge in [-0.15, -0.1) is 0 Å². The van der Waals surface area contributed by atoms with Crippen LogP contribution in [0.1, 0.15) is 30.5 Å². The van der Waals surface area contributed by atoms with E-state index in [0.717, 1.165) is 0 Å². The second kappa shape index (κ2) is 14.8. The number of H-pyrrole nitrogens is 1. The fourth-order valence-electron chi connectivity index (χ4n) is 3.56. The molecule has 0 aliphatic heterocycles. The van der Waals surface area contributed by atoms with E-state index in [9.17, 15) is 33.9 Å². The van der Waals surface area contributed by atoms with Gasteiger partial charge in [0.15, 0.2) is 0 Å². The summed E-state index contributed by atoms with van der Waals surface area (Å²) < 4.78 is 0. The van der Waals surface area contributed by atoms with Crippen LogP contribution in [0.15, 0.2) is 42.9 Å². The van der Waals surface area contributed by atoms with Crippen molar-refractivity contribution in [2.45, 2.75) is 56.3 Å². The van der Waals surface area contributed by atoms with Crippen LogP contribution in [0.2, 0.25) is 0 Å². The van der Waals surface area contributed by atoms with Crippen molar-refractivity contribution in [3.63, 3.8) is 0 Å². The van der Waals surface area contributed by atoms with Gasteiger partial charge in [-0.2, -0.15) is 0 Å². The number of carbonyl (C=O) groups is 6. The van der Waals surface area contributed by atoms with Crippen LogP contribution in [-0.4, -0.2) is 74.7 Å². The van der Waals surface area contributed by atoms with Crippen molar-refractivity contribution in [2.24, 2.45) is 17.2 Å². The zero-order valence-electron chi connectivity index (χ0n) is 21.0. The number of primary amides is 2. The van der Waals surface area contributed by atoms with E-state index in [4.69, 9.17) is 17.2 Å². The van der Waals surface area contributed by atoms with Gasteiger partial charge in [0, 0.05) is 31.2 Å². The van der Waals surface area contributed by atoms with Gasteiger partial charge in [-0.3, -0.25) is 24.0 Å². The van der Waals surface area contributed by atoms with Crippen LogP contribution >= 0.6 is 0 Å². The zero-order chi connectivity index (χ0) is 28.9. The summed E-state index contributed by atoms with van der Waals surface area (Å²) in [4.78, 5) is 79.7. The topological polar surface area (TPSA) is 265 Å². The van der Waals surface area contributed by atoms with Gasteiger partial charge in [-0.05, 0) is 12.0 Å². The highest BCUT2D eigenvalue weighted by Gasteiger charge is 2.31. The Hall–Kier alpha value is -4.79. The summed E-state index contributed by atoms with van der Waals surface area (Å²) in [7, 11) is 0. The van der Waals surface area contributed by atoms with Crippen molar-refractivity contribution < 1.29 is 33.9 Å². The third-order valence-electron chi connectivity index (χ3n) is 5.58. The molecule has 0 saturated carbocycles. The lowest BCUT2D eigenvalue weighted by molar-refractivity contribution is -0.142. The number of hydrogen-bond donors (Lipinski definition) is 8. The molecule has 1 aromatic carbocycles. The molecule has 1 heterocycles. The molecule has 15 heteroatoms. The Morgan fingerprint density at radius 1 is 0.846 bits per heavy atom. The molecule has 0 aliphatic rings. The molecular weight excluding hydrogens is 512 g/mol. The first-order valence-electron chi connectivity index (χ1n) is 11.9. The summed E-state index contributed by atoms with van der Waals surface area (Å²) >= 11 is 0. The van der Waals surface area contributed by atoms with Gasteiger partial charge in [0.2, 0.25) is 29.5 Å². The Labute approximate surface area is 223 Å². The fourth-order valence-corrected chi connectivity index (χ4v) is 3.56. The molecule has 4 unspecified atom stereocenters. The number of rotatable bonds is 16. The van der Waals surface area contributed by atoms with Crippen LogP contribution in [0.3, 0.4) is 0 Å². The van der Waals surface area contributed by atoms with Crippen LogP contribution < -0.4 is 33.2 Å². The summed E-state index contributed by atoms with van der Waals surface area (Å²) in [6.45, 7) is 0. The molecule has 0 saturated heterocycles. The monoisotopic (exact) mass is 544 g/mol. The predicted molar refractivity (Wildman–Crippen MR) is 136 cm³/mol. The van der Waals surface area contributed by atoms with E-state index in [1.54, 1.807) is 30.3 Å². The van der Waals surface area contributed by atoms with Gasteiger partial charge in [-0.25, -0.2) is 9.78 Å². The second-order valence-electron chi connectivity index (χ2n) is 8.77. The highest BCUT2D eigenvalue weighted by Crippen LogP contribution is 2.07. The molecule has 11 N–H and O–H groups in total. The Morgan fingerprint density at radius 3 is 2.03 bits per heavy atom. The molecule has 0 radical (unpaired) electrons. The van der Waals surface area contributed by atoms with E-state index in [1.165, 1.54) is 12.5 Å². The van der Waals surface area contributed by atoms with Crippen LogP contribution in [0.5, 0.6) is 0 Å². The summed E-state index contributed by atoms with van der Waals surface area (Å²) in [6.07, 6.45) is 1.64. The molecule has 0 spiro atoms. The number of carboxylic acid groups (broad SMARTS) is 1. The highest BCUT2D eigenvalue weighted by atomic mass is 16.4. The van der Waals surface area contributed by atoms with Gasteiger partial charge in [0.25, 0.3) is 0 Å². The Balaban J connectivity index is 2.22. The number of nitrogens with one attached hydrogen (secondary N) is 4. The molecule has 39 heavy (non-hydrogen) atoms. The van der Waals surface area contributed by atoms with E-state index >= 15 is 0 Å². The molecule has 4 atom stereocenters. The Morgan fingerprint density at radius 2 is 1.46 bits per heavy atom. The van der Waals surface area contributed by atoms with Crippen molar-refractivity contribution in [1.82, 2.24) is 25.9 Å². The third-order valence-corrected chi connectivity index (χ3v) is 5.58. The van der Waals surface area contributed by atoms with Gasteiger partial charge in [0.05, 0.1) is 18.8 Å². The quantitative estimate of drug-likeness (QED) is 0.108. The Kier molecular flexibility index (Phi) is 11.6. The lowest BCUT2D eigenvalue weighted by Crippen LogP contribution is -2.58. The summed E-state index contributed by atoms with van der Waals surface area (Å²) in [6, 6.07) is 3.32. The number of benzene rings is 1. The normalized spacial score (nSPS) is 13.8. The minimum Gasteiger partial charge on any atom is -0.480 e. The van der Waals surface area contributed by atoms with Gasteiger partial charge >= 0.3 is 5.97 Å². The first-order valence-corrected chi connectivity index (χ1v) is 11.9. The van der Waals surface area contributed by atoms with Crippen molar-refractivity contribution in [2.75, 3.05) is 0 Å². The minimum atomic E-state index is -1.36. The minimum absolute atomic E-state index is 0.0122. The van der Waals surface area contributed by atoms with Gasteiger partial charge in [-0.1, -0.05) is 30.3 Å². The van der Waals surface area contributed by atoms with Crippen molar-refractivity contribution in [1.29, 1.82) is 0 Å². The average Bonchev–Trinajstić information content (AvgIpc) is 3.38. The molecule has 15 nitrogen and oxygen atoms in total. The largest absolute Gasteiger partial charge is 0.480 e. The highest BCUT2D eigenvalue weighted by molar-refractivity contribution is 5.95. The van der Waals surface area contributed by atoms with Crippen LogP contribution in [0.25, 0.3) is 0 Å². The smallest absolute Gasteiger partial charge is 0.326 e. The molecule has 2 aromatic rings. The summed E-state index contributed by atoms with van der Waals surface area (Å²) in [5.74, 6) is -5.44. The number of hydrogen-bond acceptors (Lipinski definition) is 8. The standard InChI is InChI=1S/C24H32N8O7/c25-15(10-20(27)34)21(35)30-16(6-7-19(26)33)22(36)31-17(9-14-11-28-12-29-14)23(37)32-18(24(38)39)8-13-4-2-1-3-5-13/h1-5,11-12,15-18H,6-10,25H2,(H2,26,33)(H2,27,34)(H,28,29)(H,30,35)(H,31,36)(H,32,37)(H,38,39). The molecule has 0 aliphatic carbocycles. The first-order chi connectivity index (χ1) is 18.5. The van der Waals surface area contributed by atoms with Crippen LogP contribution in [0.4, 0.5) is 0 Å². The fraction of sp³-hybridized carbons (Fsp3) is 0.375. The number of nitrogens with two attached hydrogens (primary N) is 3. The molecule has 0 fully saturated rings. The molecular formula is C24H32N8O7. The number of carboxylic acids is 1. The number of aromatic amines is 1. The first kappa shape index (κ1) is 30.4. The SMILES string of the molecule is NC(=O)CCC(NC(=O)C(N)CC(N)=O)C(=O)NC(Cc1cnc[nH]1)C(=O)NC(Cc1ccccc1)C(=O)O. The zero-order valence-corrected chi connectivity index (χ0v) is 21.0. The molecule has 1 aromatic heterocycles. The summed E-state index contributed by atoms with van der Waals surface area (Å²) in [5, 5.41) is 16.9. The molecule has 5 amide bonds. The third kappa shape index (κ3) is 10.6. The van der Waals surface area contributed by atoms with E-state index in [2.05, 4.69) is 25.9 Å².